The van der Waals surface area contributed by atoms with E-state index in [4.69, 9.17) is 16.0 Å². The van der Waals surface area contributed by atoms with E-state index in [1.54, 1.807) is 25.2 Å². The first kappa shape index (κ1) is 20.2. The lowest BCUT2D eigenvalue weighted by atomic mass is 10.2. The number of furan rings is 1. The first-order valence-corrected chi connectivity index (χ1v) is 9.68. The number of hydrogen-bond acceptors (Lipinski definition) is 3. The van der Waals surface area contributed by atoms with Gasteiger partial charge >= 0.3 is 0 Å². The van der Waals surface area contributed by atoms with Crippen LogP contribution in [0.3, 0.4) is 0 Å². The van der Waals surface area contributed by atoms with E-state index in [0.29, 0.717) is 22.0 Å². The molecule has 2 aromatic carbocycles. The molecule has 5 nitrogen and oxygen atoms in total. The van der Waals surface area contributed by atoms with E-state index in [2.05, 4.69) is 21.2 Å². The van der Waals surface area contributed by atoms with Crippen LogP contribution in [-0.2, 0) is 4.79 Å². The average molecular weight is 462 g/mol. The number of carbonyl (C=O) groups excluding carboxylic acids is 2. The Kier molecular flexibility index (Phi) is 6.21. The van der Waals surface area contributed by atoms with Gasteiger partial charge in [0, 0.05) is 22.8 Å². The maximum atomic E-state index is 12.6. The van der Waals surface area contributed by atoms with Crippen molar-refractivity contribution >= 4 is 45.0 Å². The van der Waals surface area contributed by atoms with Gasteiger partial charge in [0.2, 0.25) is 5.91 Å². The van der Waals surface area contributed by atoms with Gasteiger partial charge < -0.3 is 14.6 Å². The summed E-state index contributed by atoms with van der Waals surface area (Å²) in [6.45, 7) is 1.80. The zero-order valence-electron chi connectivity index (χ0n) is 15.3. The summed E-state index contributed by atoms with van der Waals surface area (Å²) < 4.78 is 6.59. The number of hydrogen-bond donors (Lipinski definition) is 1. The van der Waals surface area contributed by atoms with Gasteiger partial charge in [0.1, 0.15) is 5.76 Å². The summed E-state index contributed by atoms with van der Waals surface area (Å²) >= 11 is 9.55. The zero-order valence-corrected chi connectivity index (χ0v) is 17.7. The number of rotatable bonds is 5. The second kappa shape index (κ2) is 8.63. The third-order valence-electron chi connectivity index (χ3n) is 4.15. The summed E-state index contributed by atoms with van der Waals surface area (Å²) in [5.41, 5.74) is 2.33. The molecule has 0 unspecified atom stereocenters. The van der Waals surface area contributed by atoms with Crippen LogP contribution in [0.1, 0.15) is 16.1 Å². The van der Waals surface area contributed by atoms with Crippen LogP contribution in [0.4, 0.5) is 5.69 Å². The lowest BCUT2D eigenvalue weighted by Gasteiger charge is -2.16. The SMILES string of the molecule is Cc1cc(Br)ccc1NC(=O)CN(C)C(=O)c1ccc(-c2ccccc2Cl)o1. The molecule has 0 aliphatic carbocycles. The molecular formula is C21H18BrClN2O3. The van der Waals surface area contributed by atoms with Crippen molar-refractivity contribution in [3.8, 4) is 11.3 Å². The Morgan fingerprint density at radius 1 is 1.14 bits per heavy atom. The van der Waals surface area contributed by atoms with Crippen LogP contribution in [0.2, 0.25) is 5.02 Å². The highest BCUT2D eigenvalue weighted by molar-refractivity contribution is 9.10. The molecule has 0 saturated carbocycles. The average Bonchev–Trinajstić information content (AvgIpc) is 3.13. The molecule has 1 N–H and O–H groups in total. The first-order valence-electron chi connectivity index (χ1n) is 8.51. The second-order valence-corrected chi connectivity index (χ2v) is 7.64. The third kappa shape index (κ3) is 4.64. The molecule has 0 atom stereocenters. The van der Waals surface area contributed by atoms with Crippen molar-refractivity contribution in [1.82, 2.24) is 4.90 Å². The van der Waals surface area contributed by atoms with Gasteiger partial charge in [-0.3, -0.25) is 9.59 Å². The number of halogens is 2. The van der Waals surface area contributed by atoms with E-state index < -0.39 is 0 Å². The van der Waals surface area contributed by atoms with Crippen molar-refractivity contribution in [2.24, 2.45) is 0 Å². The molecule has 7 heteroatoms. The summed E-state index contributed by atoms with van der Waals surface area (Å²) in [5, 5.41) is 3.35. The number of aryl methyl sites for hydroxylation is 1. The molecule has 1 aromatic heterocycles. The Balaban J connectivity index is 1.66. The fraction of sp³-hybridized carbons (Fsp3) is 0.143. The molecule has 0 bridgehead atoms. The van der Waals surface area contributed by atoms with Crippen molar-refractivity contribution in [3.63, 3.8) is 0 Å². The molecule has 0 saturated heterocycles. The molecule has 0 aliphatic heterocycles. The quantitative estimate of drug-likeness (QED) is 0.555. The van der Waals surface area contributed by atoms with Crippen molar-refractivity contribution in [3.05, 3.63) is 75.4 Å². The van der Waals surface area contributed by atoms with Crippen LogP contribution in [0.5, 0.6) is 0 Å². The van der Waals surface area contributed by atoms with E-state index in [9.17, 15) is 9.59 Å². The molecule has 1 heterocycles. The Labute approximate surface area is 176 Å². The van der Waals surface area contributed by atoms with Crippen LogP contribution in [0, 0.1) is 6.92 Å². The smallest absolute Gasteiger partial charge is 0.289 e. The van der Waals surface area contributed by atoms with Gasteiger partial charge in [0.15, 0.2) is 5.76 Å². The third-order valence-corrected chi connectivity index (χ3v) is 4.97. The van der Waals surface area contributed by atoms with Gasteiger partial charge in [-0.25, -0.2) is 0 Å². The van der Waals surface area contributed by atoms with Gasteiger partial charge in [-0.1, -0.05) is 39.7 Å². The fourth-order valence-corrected chi connectivity index (χ4v) is 3.40. The number of nitrogens with one attached hydrogen (secondary N) is 1. The highest BCUT2D eigenvalue weighted by atomic mass is 79.9. The van der Waals surface area contributed by atoms with Crippen LogP contribution >= 0.6 is 27.5 Å². The van der Waals surface area contributed by atoms with Crippen molar-refractivity contribution in [1.29, 1.82) is 0 Å². The fourth-order valence-electron chi connectivity index (χ4n) is 2.69. The topological polar surface area (TPSA) is 62.6 Å². The van der Waals surface area contributed by atoms with E-state index in [1.165, 1.54) is 4.90 Å². The number of anilines is 1. The van der Waals surface area contributed by atoms with Gasteiger partial charge in [0.25, 0.3) is 5.91 Å². The van der Waals surface area contributed by atoms with Gasteiger partial charge in [-0.15, -0.1) is 0 Å². The highest BCUT2D eigenvalue weighted by Crippen LogP contribution is 2.29. The zero-order chi connectivity index (χ0) is 20.3. The largest absolute Gasteiger partial charge is 0.451 e. The Hall–Kier alpha value is -2.57. The van der Waals surface area contributed by atoms with E-state index in [-0.39, 0.29) is 24.1 Å². The highest BCUT2D eigenvalue weighted by Gasteiger charge is 2.19. The van der Waals surface area contributed by atoms with E-state index in [1.807, 2.05) is 43.3 Å². The summed E-state index contributed by atoms with van der Waals surface area (Å²) in [7, 11) is 1.55. The lowest BCUT2D eigenvalue weighted by Crippen LogP contribution is -2.34. The van der Waals surface area contributed by atoms with Crippen LogP contribution in [-0.4, -0.2) is 30.3 Å². The summed E-state index contributed by atoms with van der Waals surface area (Å²) in [6.07, 6.45) is 0. The molecular weight excluding hydrogens is 444 g/mol. The molecule has 0 fully saturated rings. The Morgan fingerprint density at radius 3 is 2.61 bits per heavy atom. The van der Waals surface area contributed by atoms with E-state index in [0.717, 1.165) is 10.0 Å². The maximum Gasteiger partial charge on any atom is 0.289 e. The van der Waals surface area contributed by atoms with Crippen LogP contribution in [0.15, 0.2) is 63.5 Å². The second-order valence-electron chi connectivity index (χ2n) is 6.31. The van der Waals surface area contributed by atoms with Gasteiger partial charge in [-0.2, -0.15) is 0 Å². The van der Waals surface area contributed by atoms with Gasteiger partial charge in [0.05, 0.1) is 11.6 Å². The summed E-state index contributed by atoms with van der Waals surface area (Å²) in [4.78, 5) is 26.2. The number of carbonyl (C=O) groups is 2. The minimum Gasteiger partial charge on any atom is -0.451 e. The van der Waals surface area contributed by atoms with Crippen LogP contribution < -0.4 is 5.32 Å². The van der Waals surface area contributed by atoms with E-state index >= 15 is 0 Å². The molecule has 28 heavy (non-hydrogen) atoms. The number of benzene rings is 2. The molecule has 2 amide bonds. The normalized spacial score (nSPS) is 10.6. The molecule has 0 radical (unpaired) electrons. The lowest BCUT2D eigenvalue weighted by molar-refractivity contribution is -0.116. The van der Waals surface area contributed by atoms with Gasteiger partial charge in [-0.05, 0) is 55.0 Å². The minimum absolute atomic E-state index is 0.101. The predicted molar refractivity (Wildman–Crippen MR) is 114 cm³/mol. The predicted octanol–water partition coefficient (Wildman–Crippen LogP) is 5.38. The standard InChI is InChI=1S/C21H18BrClN2O3/c1-13-11-14(22)7-8-17(13)24-20(26)12-25(2)21(27)19-10-9-18(28-19)15-5-3-4-6-16(15)23/h3-11H,12H2,1-2H3,(H,24,26). The van der Waals surface area contributed by atoms with Crippen LogP contribution in [0.25, 0.3) is 11.3 Å². The molecule has 3 aromatic rings. The van der Waals surface area contributed by atoms with Crippen molar-refractivity contribution in [2.75, 3.05) is 18.9 Å². The summed E-state index contributed by atoms with van der Waals surface area (Å²) in [6, 6.07) is 16.0. The number of likely N-dealkylation sites (N-methyl/N-ethyl adjacent to an activating group) is 1. The molecule has 3 rings (SSSR count). The van der Waals surface area contributed by atoms with Crippen molar-refractivity contribution in [2.45, 2.75) is 6.92 Å². The molecule has 144 valence electrons. The maximum absolute atomic E-state index is 12.6. The minimum atomic E-state index is -0.388. The molecule has 0 spiro atoms. The van der Waals surface area contributed by atoms with Crippen molar-refractivity contribution < 1.29 is 14.0 Å². The Bertz CT molecular complexity index is 1030. The number of nitrogens with zero attached hydrogens (tertiary/aromatic N) is 1. The Morgan fingerprint density at radius 2 is 1.89 bits per heavy atom. The number of amides is 2. The monoisotopic (exact) mass is 460 g/mol. The molecule has 0 aliphatic rings. The summed E-state index contributed by atoms with van der Waals surface area (Å²) in [5.74, 6) is -0.0394. The first-order chi connectivity index (χ1) is 13.3.